The largest absolute Gasteiger partial charge is 0.469 e. The molecule has 0 aromatic rings. The Bertz CT molecular complexity index is 197. The van der Waals surface area contributed by atoms with Crippen molar-refractivity contribution in [1.29, 1.82) is 0 Å². The van der Waals surface area contributed by atoms with Crippen LogP contribution in [0.4, 0.5) is 0 Å². The lowest BCUT2D eigenvalue weighted by atomic mass is 10.2. The molecule has 82 valence electrons. The first-order valence-corrected chi connectivity index (χ1v) is 5.14. The van der Waals surface area contributed by atoms with Gasteiger partial charge in [0.05, 0.1) is 13.0 Å². The average molecular weight is 200 g/mol. The minimum Gasteiger partial charge on any atom is -0.469 e. The van der Waals surface area contributed by atoms with Crippen LogP contribution in [-0.4, -0.2) is 50.7 Å². The maximum Gasteiger partial charge on any atom is 0.309 e. The number of hydrogen-bond donors (Lipinski definition) is 1. The molecule has 0 aromatic carbocycles. The fourth-order valence-electron chi connectivity index (χ4n) is 1.90. The third kappa shape index (κ3) is 2.96. The minimum absolute atomic E-state index is 0.0180. The van der Waals surface area contributed by atoms with Crippen LogP contribution in [0.25, 0.3) is 0 Å². The third-order valence-electron chi connectivity index (χ3n) is 2.82. The van der Waals surface area contributed by atoms with Gasteiger partial charge in [0.1, 0.15) is 0 Å². The highest BCUT2D eigenvalue weighted by Crippen LogP contribution is 2.11. The summed E-state index contributed by atoms with van der Waals surface area (Å²) in [6, 6.07) is 0.583. The highest BCUT2D eigenvalue weighted by Gasteiger charge is 2.24. The molecule has 1 rings (SSSR count). The second kappa shape index (κ2) is 5.32. The lowest BCUT2D eigenvalue weighted by molar-refractivity contribution is -0.145. The fraction of sp³-hybridized carbons (Fsp3) is 0.900. The fourth-order valence-corrected chi connectivity index (χ4v) is 1.90. The highest BCUT2D eigenvalue weighted by atomic mass is 16.5. The van der Waals surface area contributed by atoms with Crippen molar-refractivity contribution in [3.8, 4) is 0 Å². The summed E-state index contributed by atoms with van der Waals surface area (Å²) in [6.07, 6.45) is 1.17. The van der Waals surface area contributed by atoms with Crippen molar-refractivity contribution in [3.63, 3.8) is 0 Å². The molecule has 1 N–H and O–H groups in total. The third-order valence-corrected chi connectivity index (χ3v) is 2.82. The number of nitrogens with one attached hydrogen (secondary N) is 1. The van der Waals surface area contributed by atoms with Crippen molar-refractivity contribution in [2.45, 2.75) is 19.4 Å². The van der Waals surface area contributed by atoms with Gasteiger partial charge in [-0.1, -0.05) is 6.92 Å². The number of hydrogen-bond acceptors (Lipinski definition) is 4. The van der Waals surface area contributed by atoms with Crippen LogP contribution in [0.5, 0.6) is 0 Å². The molecule has 1 saturated heterocycles. The summed E-state index contributed by atoms with van der Waals surface area (Å²) in [7, 11) is 3.43. The lowest BCUT2D eigenvalue weighted by Gasteiger charge is -2.19. The van der Waals surface area contributed by atoms with E-state index in [1.54, 1.807) is 0 Å². The predicted molar refractivity (Wildman–Crippen MR) is 55.1 cm³/mol. The standard InChI is InChI=1S/C10H20N2O2/c1-8(10(13)14-3)6-12-5-4-9(7-12)11-2/h8-9,11H,4-7H2,1-3H3. The second-order valence-electron chi connectivity index (χ2n) is 3.96. The number of rotatable bonds is 4. The monoisotopic (exact) mass is 200 g/mol. The molecule has 0 radical (unpaired) electrons. The smallest absolute Gasteiger partial charge is 0.309 e. The van der Waals surface area contributed by atoms with Crippen LogP contribution in [0.3, 0.4) is 0 Å². The first kappa shape index (κ1) is 11.5. The Morgan fingerprint density at radius 3 is 2.93 bits per heavy atom. The lowest BCUT2D eigenvalue weighted by Crippen LogP contribution is -2.34. The first-order valence-electron chi connectivity index (χ1n) is 5.14. The van der Waals surface area contributed by atoms with Gasteiger partial charge in [0.15, 0.2) is 0 Å². The van der Waals surface area contributed by atoms with Gasteiger partial charge in [-0.15, -0.1) is 0 Å². The van der Waals surface area contributed by atoms with Gasteiger partial charge >= 0.3 is 5.97 Å². The Morgan fingerprint density at radius 1 is 1.71 bits per heavy atom. The van der Waals surface area contributed by atoms with E-state index >= 15 is 0 Å². The zero-order chi connectivity index (χ0) is 10.6. The van der Waals surface area contributed by atoms with Crippen molar-refractivity contribution in [1.82, 2.24) is 10.2 Å². The topological polar surface area (TPSA) is 41.6 Å². The number of methoxy groups -OCH3 is 1. The van der Waals surface area contributed by atoms with Crippen molar-refractivity contribution in [2.24, 2.45) is 5.92 Å². The molecule has 14 heavy (non-hydrogen) atoms. The van der Waals surface area contributed by atoms with E-state index in [4.69, 9.17) is 4.74 Å². The van der Waals surface area contributed by atoms with Crippen LogP contribution in [0, 0.1) is 5.92 Å². The quantitative estimate of drug-likeness (QED) is 0.653. The van der Waals surface area contributed by atoms with Gasteiger partial charge in [-0.25, -0.2) is 0 Å². The Kier molecular flexibility index (Phi) is 4.35. The van der Waals surface area contributed by atoms with Crippen LogP contribution in [0.2, 0.25) is 0 Å². The van der Waals surface area contributed by atoms with Crippen molar-refractivity contribution in [2.75, 3.05) is 33.8 Å². The molecular formula is C10H20N2O2. The normalized spacial score (nSPS) is 24.9. The van der Waals surface area contributed by atoms with Gasteiger partial charge in [-0.2, -0.15) is 0 Å². The van der Waals surface area contributed by atoms with Gasteiger partial charge in [0, 0.05) is 19.1 Å². The average Bonchev–Trinajstić information content (AvgIpc) is 2.64. The second-order valence-corrected chi connectivity index (χ2v) is 3.96. The molecular weight excluding hydrogens is 180 g/mol. The van der Waals surface area contributed by atoms with E-state index in [2.05, 4.69) is 10.2 Å². The molecule has 0 bridgehead atoms. The van der Waals surface area contributed by atoms with E-state index in [1.165, 1.54) is 13.5 Å². The molecule has 1 heterocycles. The van der Waals surface area contributed by atoms with Gasteiger partial charge in [0.2, 0.25) is 0 Å². The SMILES string of the molecule is CNC1CCN(CC(C)C(=O)OC)C1. The molecule has 4 heteroatoms. The maximum atomic E-state index is 11.2. The van der Waals surface area contributed by atoms with E-state index in [0.29, 0.717) is 6.04 Å². The van der Waals surface area contributed by atoms with E-state index in [0.717, 1.165) is 19.6 Å². The summed E-state index contributed by atoms with van der Waals surface area (Å²) >= 11 is 0. The predicted octanol–water partition coefficient (Wildman–Crippen LogP) is 0.0892. The van der Waals surface area contributed by atoms with Crippen LogP contribution in [0.15, 0.2) is 0 Å². The first-order chi connectivity index (χ1) is 6.67. The van der Waals surface area contributed by atoms with Gasteiger partial charge in [-0.05, 0) is 20.0 Å². The van der Waals surface area contributed by atoms with Crippen LogP contribution in [0.1, 0.15) is 13.3 Å². The maximum absolute atomic E-state index is 11.2. The molecule has 0 amide bonds. The molecule has 0 aliphatic carbocycles. The van der Waals surface area contributed by atoms with E-state index in [-0.39, 0.29) is 11.9 Å². The zero-order valence-electron chi connectivity index (χ0n) is 9.25. The number of carbonyl (C=O) groups is 1. The van der Waals surface area contributed by atoms with Crippen LogP contribution in [-0.2, 0) is 9.53 Å². The summed E-state index contributed by atoms with van der Waals surface area (Å²) in [5.74, 6) is -0.131. The Labute approximate surface area is 85.6 Å². The zero-order valence-corrected chi connectivity index (χ0v) is 9.25. The molecule has 0 saturated carbocycles. The molecule has 1 fully saturated rings. The molecule has 0 aromatic heterocycles. The Morgan fingerprint density at radius 2 is 2.43 bits per heavy atom. The Hall–Kier alpha value is -0.610. The number of nitrogens with zero attached hydrogens (tertiary/aromatic N) is 1. The summed E-state index contributed by atoms with van der Waals surface area (Å²) in [4.78, 5) is 13.5. The van der Waals surface area contributed by atoms with E-state index < -0.39 is 0 Å². The molecule has 1 aliphatic rings. The number of likely N-dealkylation sites (tertiary alicyclic amines) is 1. The van der Waals surface area contributed by atoms with Crippen molar-refractivity contribution < 1.29 is 9.53 Å². The number of esters is 1. The van der Waals surface area contributed by atoms with Crippen molar-refractivity contribution in [3.05, 3.63) is 0 Å². The highest BCUT2D eigenvalue weighted by molar-refractivity contribution is 5.72. The number of ether oxygens (including phenoxy) is 1. The van der Waals surface area contributed by atoms with E-state index in [9.17, 15) is 4.79 Å². The minimum atomic E-state index is -0.113. The molecule has 2 unspecified atom stereocenters. The summed E-state index contributed by atoms with van der Waals surface area (Å²) in [5, 5.41) is 3.25. The molecule has 2 atom stereocenters. The Balaban J connectivity index is 2.28. The van der Waals surface area contributed by atoms with Crippen molar-refractivity contribution >= 4 is 5.97 Å². The van der Waals surface area contributed by atoms with Gasteiger partial charge in [-0.3, -0.25) is 4.79 Å². The summed E-state index contributed by atoms with van der Waals surface area (Å²) in [5.41, 5.74) is 0. The van der Waals surface area contributed by atoms with Crippen LogP contribution < -0.4 is 5.32 Å². The van der Waals surface area contributed by atoms with Crippen LogP contribution >= 0.6 is 0 Å². The summed E-state index contributed by atoms with van der Waals surface area (Å²) < 4.78 is 4.69. The number of likely N-dealkylation sites (N-methyl/N-ethyl adjacent to an activating group) is 1. The molecule has 4 nitrogen and oxygen atoms in total. The molecule has 0 spiro atoms. The molecule has 1 aliphatic heterocycles. The number of carbonyl (C=O) groups excluding carboxylic acids is 1. The van der Waals surface area contributed by atoms with Gasteiger partial charge in [0.25, 0.3) is 0 Å². The summed E-state index contributed by atoms with van der Waals surface area (Å²) in [6.45, 7) is 4.84. The van der Waals surface area contributed by atoms with Gasteiger partial charge < -0.3 is 15.0 Å². The van der Waals surface area contributed by atoms with E-state index in [1.807, 2.05) is 14.0 Å².